The summed E-state index contributed by atoms with van der Waals surface area (Å²) < 4.78 is 18.3. The number of hydrogen-bond donors (Lipinski definition) is 7. The van der Waals surface area contributed by atoms with Crippen molar-refractivity contribution >= 4 is 53.8 Å². The van der Waals surface area contributed by atoms with Crippen LogP contribution in [0.5, 0.6) is 0 Å². The van der Waals surface area contributed by atoms with Gasteiger partial charge in [-0.15, -0.1) is 0 Å². The molecule has 0 bridgehead atoms. The van der Waals surface area contributed by atoms with Crippen LogP contribution < -0.4 is 10.6 Å². The lowest BCUT2D eigenvalue weighted by molar-refractivity contribution is -0.167. The van der Waals surface area contributed by atoms with Gasteiger partial charge in [-0.25, -0.2) is 4.79 Å². The van der Waals surface area contributed by atoms with Gasteiger partial charge in [-0.2, -0.15) is 0 Å². The number of nitrogens with one attached hydrogen (secondary N) is 2. The summed E-state index contributed by atoms with van der Waals surface area (Å²) in [5, 5.41) is 53.4. The maximum absolute atomic E-state index is 14.5. The van der Waals surface area contributed by atoms with E-state index < -0.39 is 86.6 Å². The molecule has 0 radical (unpaired) electrons. The summed E-state index contributed by atoms with van der Waals surface area (Å²) in [7, 11) is 0. The van der Waals surface area contributed by atoms with E-state index in [2.05, 4.69) is 38.3 Å². The monoisotopic (exact) mass is 1550 g/mol. The molecule has 2 atom stereocenters. The van der Waals surface area contributed by atoms with E-state index in [-0.39, 0.29) is 69.7 Å². The first-order valence-electron chi connectivity index (χ1n) is 44.7. The van der Waals surface area contributed by atoms with Gasteiger partial charge >= 0.3 is 47.9 Å². The fraction of sp³-hybridized carbons (Fsp3) is 0.897. The number of ether oxygens (including phenoxy) is 3. The molecule has 0 spiro atoms. The van der Waals surface area contributed by atoms with Crippen LogP contribution in [0.15, 0.2) is 0 Å². The van der Waals surface area contributed by atoms with Gasteiger partial charge in [0.1, 0.15) is 19.3 Å². The van der Waals surface area contributed by atoms with Crippen molar-refractivity contribution in [3.8, 4) is 0 Å². The predicted molar refractivity (Wildman–Crippen MR) is 437 cm³/mol. The molecular weight excluding hydrogens is 1390 g/mol. The van der Waals surface area contributed by atoms with Crippen molar-refractivity contribution in [2.24, 2.45) is 11.8 Å². The Balaban J connectivity index is 6.19. The maximum Gasteiger partial charge on any atom is 0.407 e. The summed E-state index contributed by atoms with van der Waals surface area (Å²) in [5.41, 5.74) is 0. The molecule has 0 fully saturated rings. The minimum Gasteiger partial charge on any atom is -0.480 e. The second-order valence-electron chi connectivity index (χ2n) is 31.5. The number of carboxylic acids is 5. The lowest BCUT2D eigenvalue weighted by Gasteiger charge is -2.32. The van der Waals surface area contributed by atoms with Crippen molar-refractivity contribution in [3.05, 3.63) is 0 Å². The highest BCUT2D eigenvalue weighted by molar-refractivity contribution is 5.84. The van der Waals surface area contributed by atoms with Crippen LogP contribution in [0.3, 0.4) is 0 Å². The lowest BCUT2D eigenvalue weighted by atomic mass is 9.94. The first-order chi connectivity index (χ1) is 52.9. The Hall–Kier alpha value is -5.09. The van der Waals surface area contributed by atoms with E-state index in [1.165, 1.54) is 236 Å². The molecule has 0 rings (SSSR count). The number of aliphatic carboxylic acids is 5. The zero-order valence-electron chi connectivity index (χ0n) is 69.8. The Kier molecular flexibility index (Phi) is 73.3. The highest BCUT2D eigenvalue weighted by atomic mass is 16.6. The van der Waals surface area contributed by atoms with E-state index in [0.717, 1.165) is 125 Å². The molecule has 0 heterocycles. The van der Waals surface area contributed by atoms with Crippen LogP contribution >= 0.6 is 0 Å². The molecule has 109 heavy (non-hydrogen) atoms. The number of rotatable bonds is 85. The Morgan fingerprint density at radius 2 is 0.560 bits per heavy atom. The first-order valence-corrected chi connectivity index (χ1v) is 44.7. The molecule has 0 aromatic rings. The second-order valence-corrected chi connectivity index (χ2v) is 31.5. The number of amides is 2. The molecule has 2 amide bonds. The quantitative estimate of drug-likeness (QED) is 0.0169. The standard InChI is InChI=1S/C87H163N5O17/c1-5-9-13-17-21-25-29-33-37-41-46-52-58-75(59-53-47-42-38-34-30-26-22-18-14-10-6-2)85(104)107-73-77(109-86(105)76(60-54-48-43-39-35-31-27-23-19-15-11-7-3)61-55-49-44-40-36-32-28-24-20-16-12-8-4)74-108-87(106)89-63-57-51-45-50-56-62-88-79(93)68-78(84(102)103)92(66-64-90(69-80(94)95)70-81(96)97)67-65-91(71-82(98)99)72-83(100)101/h75-78H,5-74H2,1-4H3,(H,88,93)(H,89,106)(H,94,95)(H,96,97)(H,98,99)(H,100,101)(H,102,103). The number of carbonyl (C=O) groups is 9. The summed E-state index contributed by atoms with van der Waals surface area (Å²) >= 11 is 0. The van der Waals surface area contributed by atoms with Crippen LogP contribution in [-0.4, -0.2) is 185 Å². The van der Waals surface area contributed by atoms with Crippen LogP contribution in [-0.2, 0) is 52.6 Å². The molecule has 2 unspecified atom stereocenters. The number of alkyl carbamates (subject to hydrolysis) is 1. The second kappa shape index (κ2) is 76.9. The van der Waals surface area contributed by atoms with Crippen molar-refractivity contribution in [2.45, 2.75) is 412 Å². The van der Waals surface area contributed by atoms with Crippen molar-refractivity contribution in [1.29, 1.82) is 0 Å². The van der Waals surface area contributed by atoms with Crippen LogP contribution in [0.2, 0.25) is 0 Å². The fourth-order valence-corrected chi connectivity index (χ4v) is 14.6. The molecule has 0 aliphatic heterocycles. The third kappa shape index (κ3) is 69.4. The third-order valence-corrected chi connectivity index (χ3v) is 21.3. The molecule has 22 nitrogen and oxygen atoms in total. The molecular formula is C87H163N5O17. The summed E-state index contributed by atoms with van der Waals surface area (Å²) in [6.07, 6.45) is 63.2. The molecule has 0 aliphatic carbocycles. The highest BCUT2D eigenvalue weighted by Crippen LogP contribution is 2.26. The molecule has 0 saturated carbocycles. The maximum atomic E-state index is 14.5. The normalized spacial score (nSPS) is 12.2. The van der Waals surface area contributed by atoms with Crippen LogP contribution in [0.4, 0.5) is 4.79 Å². The minimum absolute atomic E-state index is 0.204. The third-order valence-electron chi connectivity index (χ3n) is 21.3. The minimum atomic E-state index is -1.51. The van der Waals surface area contributed by atoms with Crippen molar-refractivity contribution in [1.82, 2.24) is 25.3 Å². The Morgan fingerprint density at radius 1 is 0.303 bits per heavy atom. The van der Waals surface area contributed by atoms with E-state index in [9.17, 15) is 68.7 Å². The molecule has 7 N–H and O–H groups in total. The summed E-state index contributed by atoms with van der Waals surface area (Å²) in [4.78, 5) is 118. The molecule has 22 heteroatoms. The van der Waals surface area contributed by atoms with Crippen molar-refractivity contribution in [2.75, 3.05) is 78.7 Å². The highest BCUT2D eigenvalue weighted by Gasteiger charge is 2.31. The first kappa shape index (κ1) is 104. The van der Waals surface area contributed by atoms with Crippen LogP contribution in [0.1, 0.15) is 400 Å². The molecule has 0 aromatic carbocycles. The van der Waals surface area contributed by atoms with Gasteiger partial charge in [0.25, 0.3) is 0 Å². The predicted octanol–water partition coefficient (Wildman–Crippen LogP) is 19.9. The molecule has 638 valence electrons. The van der Waals surface area contributed by atoms with E-state index in [4.69, 9.17) is 14.2 Å². The fourth-order valence-electron chi connectivity index (χ4n) is 14.6. The SMILES string of the molecule is CCCCCCCCCCCCCCC(CCCCCCCCCCCCCC)C(=O)OCC(COC(=O)NCCCCCCCNC(=O)CC(C(=O)O)N(CCN(CC(=O)O)CC(=O)O)CCN(CC(=O)O)CC(=O)O)OC(=O)C(CCCCCCCCCCCCCC)CCCCCCCCCCCCCC. The van der Waals surface area contributed by atoms with Crippen LogP contribution in [0.25, 0.3) is 0 Å². The van der Waals surface area contributed by atoms with E-state index in [1.54, 1.807) is 0 Å². The van der Waals surface area contributed by atoms with Crippen molar-refractivity contribution < 1.29 is 82.9 Å². The average molecular weight is 1550 g/mol. The van der Waals surface area contributed by atoms with Gasteiger partial charge in [0, 0.05) is 39.3 Å². The van der Waals surface area contributed by atoms with E-state index in [0.29, 0.717) is 25.8 Å². The van der Waals surface area contributed by atoms with Gasteiger partial charge in [0.15, 0.2) is 6.10 Å². The Morgan fingerprint density at radius 3 is 0.844 bits per heavy atom. The molecule has 0 aliphatic rings. The molecule has 0 aromatic heterocycles. The summed E-state index contributed by atoms with van der Waals surface area (Å²) in [6.45, 7) is 5.40. The zero-order chi connectivity index (χ0) is 80.3. The topological polar surface area (TPSA) is 316 Å². The van der Waals surface area contributed by atoms with E-state index in [1.807, 2.05) is 0 Å². The van der Waals surface area contributed by atoms with Crippen molar-refractivity contribution in [3.63, 3.8) is 0 Å². The van der Waals surface area contributed by atoms with Gasteiger partial charge < -0.3 is 50.4 Å². The zero-order valence-corrected chi connectivity index (χ0v) is 69.8. The number of unbranched alkanes of at least 4 members (excludes halogenated alkanes) is 48. The number of hydrogen-bond acceptors (Lipinski definition) is 15. The largest absolute Gasteiger partial charge is 0.480 e. The lowest BCUT2D eigenvalue weighted by Crippen LogP contribution is -2.51. The van der Waals surface area contributed by atoms with Gasteiger partial charge in [-0.05, 0) is 38.5 Å². The van der Waals surface area contributed by atoms with Gasteiger partial charge in [0.2, 0.25) is 5.91 Å². The summed E-state index contributed by atoms with van der Waals surface area (Å²) in [6, 6.07) is -1.51. The van der Waals surface area contributed by atoms with Gasteiger partial charge in [-0.1, -0.05) is 355 Å². The average Bonchev–Trinajstić information content (AvgIpc) is 0.865. The van der Waals surface area contributed by atoms with Crippen LogP contribution in [0, 0.1) is 11.8 Å². The van der Waals surface area contributed by atoms with Gasteiger partial charge in [-0.3, -0.25) is 53.1 Å². The van der Waals surface area contributed by atoms with E-state index >= 15 is 0 Å². The number of nitrogens with zero attached hydrogens (tertiary/aromatic N) is 3. The number of carbonyl (C=O) groups excluding carboxylic acids is 4. The Bertz CT molecular complexity index is 2100. The van der Waals surface area contributed by atoms with Gasteiger partial charge in [0.05, 0.1) is 44.4 Å². The smallest absolute Gasteiger partial charge is 0.407 e. The summed E-state index contributed by atoms with van der Waals surface area (Å²) in [5.74, 6) is -8.50. The number of esters is 2. The Labute approximate surface area is 661 Å². The number of carboxylic acid groups (broad SMARTS) is 5. The molecule has 0 saturated heterocycles.